The molecule has 172 valence electrons. The molecule has 0 aliphatic carbocycles. The van der Waals surface area contributed by atoms with Crippen LogP contribution in [0, 0.1) is 11.3 Å². The van der Waals surface area contributed by atoms with E-state index in [1.807, 2.05) is 6.07 Å². The van der Waals surface area contributed by atoms with Crippen LogP contribution in [0.25, 0.3) is 6.08 Å². The van der Waals surface area contributed by atoms with E-state index in [9.17, 15) is 23.3 Å². The van der Waals surface area contributed by atoms with Crippen LogP contribution in [0.15, 0.2) is 29.7 Å². The van der Waals surface area contributed by atoms with Crippen LogP contribution in [0.4, 0.5) is 0 Å². The van der Waals surface area contributed by atoms with Gasteiger partial charge in [-0.1, -0.05) is 23.7 Å². The lowest BCUT2D eigenvalue weighted by Crippen LogP contribution is -2.53. The van der Waals surface area contributed by atoms with Gasteiger partial charge in [0, 0.05) is 30.1 Å². The maximum atomic E-state index is 13.1. The molecule has 2 amide bonds. The van der Waals surface area contributed by atoms with E-state index in [0.29, 0.717) is 36.9 Å². The van der Waals surface area contributed by atoms with Gasteiger partial charge in [-0.15, -0.1) is 0 Å². The highest BCUT2D eigenvalue weighted by atomic mass is 35.5. The summed E-state index contributed by atoms with van der Waals surface area (Å²) in [4.78, 5) is 28.9. The Morgan fingerprint density at radius 1 is 1.31 bits per heavy atom. The van der Waals surface area contributed by atoms with E-state index < -0.39 is 34.6 Å². The third-order valence-corrected chi connectivity index (χ3v) is 7.33. The Morgan fingerprint density at radius 3 is 2.59 bits per heavy atom. The number of benzene rings is 1. The summed E-state index contributed by atoms with van der Waals surface area (Å²) in [6.45, 7) is 3.22. The number of likely N-dealkylation sites (tertiary alicyclic amines) is 1. The molecule has 11 heteroatoms. The van der Waals surface area contributed by atoms with E-state index >= 15 is 0 Å². The molecule has 0 saturated carbocycles. The molecule has 0 N–H and O–H groups in total. The molecule has 9 nitrogen and oxygen atoms in total. The van der Waals surface area contributed by atoms with Crippen LogP contribution < -0.4 is 0 Å². The first kappa shape index (κ1) is 24.2. The molecule has 32 heavy (non-hydrogen) atoms. The lowest BCUT2D eigenvalue weighted by Gasteiger charge is -2.33. The molecule has 0 radical (unpaired) electrons. The topological polar surface area (TPSA) is 111 Å². The Hall–Kier alpha value is -2.45. The fourth-order valence-electron chi connectivity index (χ4n) is 3.78. The van der Waals surface area contributed by atoms with Crippen molar-refractivity contribution in [3.8, 4) is 6.07 Å². The lowest BCUT2D eigenvalue weighted by molar-refractivity contribution is -0.146. The predicted molar refractivity (Wildman–Crippen MR) is 119 cm³/mol. The number of amides is 2. The van der Waals surface area contributed by atoms with Crippen molar-refractivity contribution in [3.05, 3.63) is 40.3 Å². The standard InChI is InChI=1S/C21H25ClN4O5S/c1-16(20(27)24-11-13-31-14-12-24)25-9-6-19(21(25)28)26(10-8-23)32(29,30)15-7-17-2-4-18(22)5-3-17/h2-5,7,15-16,19H,6,9-14H2,1H3/b15-7+. The fraction of sp³-hybridized carbons (Fsp3) is 0.476. The molecular formula is C21H25ClN4O5S. The monoisotopic (exact) mass is 480 g/mol. The Balaban J connectivity index is 1.74. The summed E-state index contributed by atoms with van der Waals surface area (Å²) in [6.07, 6.45) is 1.59. The second-order valence-electron chi connectivity index (χ2n) is 7.55. The molecule has 2 unspecified atom stereocenters. The van der Waals surface area contributed by atoms with Gasteiger partial charge in [-0.3, -0.25) is 9.59 Å². The second-order valence-corrected chi connectivity index (χ2v) is 9.76. The van der Waals surface area contributed by atoms with Crippen molar-refractivity contribution in [2.24, 2.45) is 0 Å². The van der Waals surface area contributed by atoms with Gasteiger partial charge in [0.15, 0.2) is 0 Å². The normalized spacial score (nSPS) is 20.7. The maximum Gasteiger partial charge on any atom is 0.245 e. The number of hydrogen-bond acceptors (Lipinski definition) is 6. The van der Waals surface area contributed by atoms with Crippen LogP contribution in [0.1, 0.15) is 18.9 Å². The van der Waals surface area contributed by atoms with E-state index in [-0.39, 0.29) is 18.9 Å². The fourth-order valence-corrected chi connectivity index (χ4v) is 5.18. The number of rotatable bonds is 7. The summed E-state index contributed by atoms with van der Waals surface area (Å²) in [5, 5.41) is 10.7. The zero-order chi connectivity index (χ0) is 23.3. The van der Waals surface area contributed by atoms with Crippen molar-refractivity contribution in [3.63, 3.8) is 0 Å². The molecule has 0 spiro atoms. The van der Waals surface area contributed by atoms with Crippen molar-refractivity contribution >= 4 is 39.5 Å². The highest BCUT2D eigenvalue weighted by molar-refractivity contribution is 7.92. The van der Waals surface area contributed by atoms with Crippen LogP contribution >= 0.6 is 11.6 Å². The Kier molecular flexibility index (Phi) is 7.90. The van der Waals surface area contributed by atoms with Crippen molar-refractivity contribution in [1.29, 1.82) is 5.26 Å². The average molecular weight is 481 g/mol. The van der Waals surface area contributed by atoms with Gasteiger partial charge in [0.2, 0.25) is 21.8 Å². The number of hydrogen-bond donors (Lipinski definition) is 0. The quantitative estimate of drug-likeness (QED) is 0.544. The molecule has 2 heterocycles. The van der Waals surface area contributed by atoms with E-state index in [2.05, 4.69) is 0 Å². The third-order valence-electron chi connectivity index (χ3n) is 5.56. The zero-order valence-electron chi connectivity index (χ0n) is 17.7. The van der Waals surface area contributed by atoms with Crippen LogP contribution in [-0.2, 0) is 24.3 Å². The molecule has 1 aromatic carbocycles. The Morgan fingerprint density at radius 2 is 1.97 bits per heavy atom. The maximum absolute atomic E-state index is 13.1. The number of nitrogens with zero attached hydrogens (tertiary/aromatic N) is 4. The predicted octanol–water partition coefficient (Wildman–Crippen LogP) is 1.31. The van der Waals surface area contributed by atoms with Gasteiger partial charge in [0.1, 0.15) is 18.6 Å². The van der Waals surface area contributed by atoms with Gasteiger partial charge in [-0.05, 0) is 37.1 Å². The molecule has 0 aromatic heterocycles. The van der Waals surface area contributed by atoms with Gasteiger partial charge < -0.3 is 14.5 Å². The summed E-state index contributed by atoms with van der Waals surface area (Å²) in [5.74, 6) is -0.669. The molecule has 3 rings (SSSR count). The number of halogens is 1. The molecule has 2 atom stereocenters. The van der Waals surface area contributed by atoms with Gasteiger partial charge in [0.05, 0.1) is 19.3 Å². The van der Waals surface area contributed by atoms with Gasteiger partial charge >= 0.3 is 0 Å². The minimum Gasteiger partial charge on any atom is -0.378 e. The van der Waals surface area contributed by atoms with E-state index in [1.54, 1.807) is 36.1 Å². The van der Waals surface area contributed by atoms with Gasteiger partial charge in [0.25, 0.3) is 0 Å². The van der Waals surface area contributed by atoms with E-state index in [0.717, 1.165) is 9.71 Å². The first-order valence-corrected chi connectivity index (χ1v) is 12.1. The summed E-state index contributed by atoms with van der Waals surface area (Å²) in [5.41, 5.74) is 0.610. The Labute approximate surface area is 192 Å². The smallest absolute Gasteiger partial charge is 0.245 e. The third kappa shape index (κ3) is 5.48. The van der Waals surface area contributed by atoms with Crippen LogP contribution in [0.3, 0.4) is 0 Å². The summed E-state index contributed by atoms with van der Waals surface area (Å²) in [7, 11) is -4.06. The largest absolute Gasteiger partial charge is 0.378 e. The number of nitriles is 1. The number of carbonyl (C=O) groups is 2. The van der Waals surface area contributed by atoms with Crippen LogP contribution in [0.5, 0.6) is 0 Å². The van der Waals surface area contributed by atoms with Crippen LogP contribution in [0.2, 0.25) is 5.02 Å². The Bertz CT molecular complexity index is 1020. The first-order valence-electron chi connectivity index (χ1n) is 10.2. The summed E-state index contributed by atoms with van der Waals surface area (Å²) < 4.78 is 32.1. The second kappa shape index (κ2) is 10.4. The highest BCUT2D eigenvalue weighted by Crippen LogP contribution is 2.24. The van der Waals surface area contributed by atoms with Crippen molar-refractivity contribution < 1.29 is 22.7 Å². The number of morpholine rings is 1. The molecular weight excluding hydrogens is 456 g/mol. The minimum atomic E-state index is -4.06. The van der Waals surface area contributed by atoms with Crippen molar-refractivity contribution in [2.75, 3.05) is 39.4 Å². The molecule has 2 aliphatic rings. The molecule has 0 bridgehead atoms. The molecule has 1 aromatic rings. The van der Waals surface area contributed by atoms with Crippen LogP contribution in [-0.4, -0.2) is 85.8 Å². The number of ether oxygens (including phenoxy) is 1. The number of carbonyl (C=O) groups excluding carboxylic acids is 2. The van der Waals surface area contributed by atoms with Gasteiger partial charge in [-0.25, -0.2) is 8.42 Å². The van der Waals surface area contributed by atoms with Crippen molar-refractivity contribution in [2.45, 2.75) is 25.4 Å². The average Bonchev–Trinajstić information content (AvgIpc) is 3.17. The lowest BCUT2D eigenvalue weighted by atomic mass is 10.2. The minimum absolute atomic E-state index is 0.195. The molecule has 2 saturated heterocycles. The van der Waals surface area contributed by atoms with Crippen molar-refractivity contribution in [1.82, 2.24) is 14.1 Å². The molecule has 2 fully saturated rings. The zero-order valence-corrected chi connectivity index (χ0v) is 19.3. The number of sulfonamides is 1. The SMILES string of the molecule is CC(C(=O)N1CCOCC1)N1CCC(N(CC#N)S(=O)(=O)/C=C/c2ccc(Cl)cc2)C1=O. The summed E-state index contributed by atoms with van der Waals surface area (Å²) in [6, 6.07) is 6.65. The highest BCUT2D eigenvalue weighted by Gasteiger charge is 2.44. The first-order chi connectivity index (χ1) is 15.2. The van der Waals surface area contributed by atoms with Gasteiger partial charge in [-0.2, -0.15) is 9.57 Å². The molecule has 2 aliphatic heterocycles. The van der Waals surface area contributed by atoms with E-state index in [4.69, 9.17) is 16.3 Å². The van der Waals surface area contributed by atoms with E-state index in [1.165, 1.54) is 11.0 Å². The summed E-state index contributed by atoms with van der Waals surface area (Å²) >= 11 is 5.84.